The summed E-state index contributed by atoms with van der Waals surface area (Å²) >= 11 is 0. The van der Waals surface area contributed by atoms with Crippen LogP contribution in [-0.4, -0.2) is 61.9 Å². The molecule has 41 heavy (non-hydrogen) atoms. The lowest BCUT2D eigenvalue weighted by molar-refractivity contribution is 0.0913. The number of ether oxygens (including phenoxy) is 1. The van der Waals surface area contributed by atoms with Crippen molar-refractivity contribution in [3.63, 3.8) is 0 Å². The maximum atomic E-state index is 12.9. The standard InChI is InChI=1S/C30H31FN4O5S/c31-18-21-3-5-24(6-4-21)34-13-10-25(11-14-34)39-26-7-8-28-22(16-26)17-29(40-28)30(36)33-23-9-15-35(20-23)41(37,38)27-2-1-12-32-19-27/h1-8,12,16-17,19,23,25H,9-11,13-15,18,20H2,(H,33,36)/t23-/m1/s1. The third-order valence-electron chi connectivity index (χ3n) is 7.67. The van der Waals surface area contributed by atoms with Gasteiger partial charge < -0.3 is 19.4 Å². The summed E-state index contributed by atoms with van der Waals surface area (Å²) in [7, 11) is -3.66. The number of nitrogens with one attached hydrogen (secondary N) is 1. The van der Waals surface area contributed by atoms with Crippen molar-refractivity contribution in [2.45, 2.75) is 43.0 Å². The smallest absolute Gasteiger partial charge is 0.287 e. The number of piperidine rings is 1. The van der Waals surface area contributed by atoms with Crippen LogP contribution in [0.1, 0.15) is 35.4 Å². The van der Waals surface area contributed by atoms with Gasteiger partial charge in [-0.05, 0) is 60.5 Å². The minimum Gasteiger partial charge on any atom is -0.490 e. The van der Waals surface area contributed by atoms with Gasteiger partial charge in [-0.1, -0.05) is 12.1 Å². The molecule has 0 radical (unpaired) electrons. The molecule has 9 nitrogen and oxygen atoms in total. The Morgan fingerprint density at radius 1 is 1.05 bits per heavy atom. The number of benzene rings is 2. The zero-order valence-electron chi connectivity index (χ0n) is 22.4. The van der Waals surface area contributed by atoms with Crippen molar-refractivity contribution in [3.8, 4) is 5.75 Å². The van der Waals surface area contributed by atoms with Gasteiger partial charge in [0, 0.05) is 68.5 Å². The number of hydrogen-bond acceptors (Lipinski definition) is 7. The van der Waals surface area contributed by atoms with E-state index in [1.54, 1.807) is 18.2 Å². The summed E-state index contributed by atoms with van der Waals surface area (Å²) in [5.74, 6) is 0.488. The first-order valence-electron chi connectivity index (χ1n) is 13.7. The molecule has 0 unspecified atom stereocenters. The third-order valence-corrected chi connectivity index (χ3v) is 9.52. The van der Waals surface area contributed by atoms with Crippen LogP contribution in [0.5, 0.6) is 5.75 Å². The van der Waals surface area contributed by atoms with Crippen LogP contribution in [-0.2, 0) is 16.7 Å². The summed E-state index contributed by atoms with van der Waals surface area (Å²) in [5, 5.41) is 3.66. The molecule has 2 aromatic heterocycles. The van der Waals surface area contributed by atoms with E-state index in [0.717, 1.165) is 37.0 Å². The molecular weight excluding hydrogens is 547 g/mol. The fraction of sp³-hybridized carbons (Fsp3) is 0.333. The fourth-order valence-corrected chi connectivity index (χ4v) is 6.86. The number of rotatable bonds is 8. The SMILES string of the molecule is O=C(N[C@@H]1CCN(S(=O)(=O)c2cccnc2)C1)c1cc2cc(OC3CCN(c4ccc(CF)cc4)CC3)ccc2o1. The number of amides is 1. The van der Waals surface area contributed by atoms with E-state index < -0.39 is 16.7 Å². The Kier molecular flexibility index (Phi) is 7.63. The molecule has 2 aliphatic heterocycles. The quantitative estimate of drug-likeness (QED) is 0.327. The molecule has 2 fully saturated rings. The van der Waals surface area contributed by atoms with Crippen LogP contribution < -0.4 is 15.0 Å². The van der Waals surface area contributed by atoms with Gasteiger partial charge in [0.1, 0.15) is 29.0 Å². The van der Waals surface area contributed by atoms with Crippen molar-refractivity contribution in [1.29, 1.82) is 0 Å². The van der Waals surface area contributed by atoms with Gasteiger partial charge in [0.15, 0.2) is 5.76 Å². The average molecular weight is 579 g/mol. The van der Waals surface area contributed by atoms with Crippen LogP contribution in [0.3, 0.4) is 0 Å². The van der Waals surface area contributed by atoms with E-state index in [0.29, 0.717) is 29.9 Å². The zero-order valence-corrected chi connectivity index (χ0v) is 23.2. The largest absolute Gasteiger partial charge is 0.490 e. The molecule has 2 aliphatic rings. The van der Waals surface area contributed by atoms with Crippen molar-refractivity contribution in [2.75, 3.05) is 31.1 Å². The summed E-state index contributed by atoms with van der Waals surface area (Å²) in [6, 6.07) is 17.5. The lowest BCUT2D eigenvalue weighted by Crippen LogP contribution is -2.38. The summed E-state index contributed by atoms with van der Waals surface area (Å²) in [5.41, 5.74) is 2.34. The zero-order chi connectivity index (χ0) is 28.4. The van der Waals surface area contributed by atoms with Crippen molar-refractivity contribution in [3.05, 3.63) is 84.4 Å². The summed E-state index contributed by atoms with van der Waals surface area (Å²) in [6.45, 7) is 1.73. The topological polar surface area (TPSA) is 105 Å². The second kappa shape index (κ2) is 11.5. The van der Waals surface area contributed by atoms with Gasteiger partial charge in [-0.3, -0.25) is 9.78 Å². The number of aromatic nitrogens is 1. The fourth-order valence-electron chi connectivity index (χ4n) is 5.40. The number of anilines is 1. The van der Waals surface area contributed by atoms with Crippen LogP contribution in [0.2, 0.25) is 0 Å². The van der Waals surface area contributed by atoms with Crippen molar-refractivity contribution in [2.24, 2.45) is 0 Å². The molecule has 11 heteroatoms. The van der Waals surface area contributed by atoms with Gasteiger partial charge in [-0.25, -0.2) is 12.8 Å². The molecule has 4 aromatic rings. The number of nitrogens with zero attached hydrogens (tertiary/aromatic N) is 3. The van der Waals surface area contributed by atoms with E-state index in [4.69, 9.17) is 9.15 Å². The number of hydrogen-bond donors (Lipinski definition) is 1. The van der Waals surface area contributed by atoms with Gasteiger partial charge in [-0.2, -0.15) is 4.31 Å². The van der Waals surface area contributed by atoms with Crippen molar-refractivity contribution in [1.82, 2.24) is 14.6 Å². The molecule has 0 bridgehead atoms. The number of carbonyl (C=O) groups is 1. The Bertz CT molecular complexity index is 1620. The van der Waals surface area contributed by atoms with E-state index in [1.165, 1.54) is 22.8 Å². The molecular formula is C30H31FN4O5S. The van der Waals surface area contributed by atoms with E-state index >= 15 is 0 Å². The van der Waals surface area contributed by atoms with Crippen molar-refractivity contribution >= 4 is 32.6 Å². The molecule has 1 atom stereocenters. The molecule has 2 saturated heterocycles. The van der Waals surface area contributed by atoms with E-state index in [1.807, 2.05) is 36.4 Å². The van der Waals surface area contributed by atoms with Crippen LogP contribution in [0.4, 0.5) is 10.1 Å². The Labute approximate surface area is 238 Å². The highest BCUT2D eigenvalue weighted by molar-refractivity contribution is 7.89. The minimum absolute atomic E-state index is 0.0664. The Morgan fingerprint density at radius 2 is 1.85 bits per heavy atom. The number of carbonyl (C=O) groups excluding carboxylic acids is 1. The number of fused-ring (bicyclic) bond motifs is 1. The molecule has 214 valence electrons. The number of halogens is 1. The van der Waals surface area contributed by atoms with Crippen LogP contribution in [0.25, 0.3) is 11.0 Å². The van der Waals surface area contributed by atoms with Gasteiger partial charge >= 0.3 is 0 Å². The highest BCUT2D eigenvalue weighted by Gasteiger charge is 2.34. The molecule has 1 N–H and O–H groups in total. The lowest BCUT2D eigenvalue weighted by Gasteiger charge is -2.33. The predicted octanol–water partition coefficient (Wildman–Crippen LogP) is 4.54. The second-order valence-corrected chi connectivity index (χ2v) is 12.4. The number of sulfonamides is 1. The van der Waals surface area contributed by atoms with Crippen LogP contribution in [0.15, 0.2) is 82.4 Å². The molecule has 4 heterocycles. The highest BCUT2D eigenvalue weighted by atomic mass is 32.2. The molecule has 2 aromatic carbocycles. The first kappa shape index (κ1) is 27.2. The first-order valence-corrected chi connectivity index (χ1v) is 15.1. The number of furan rings is 1. The first-order chi connectivity index (χ1) is 19.9. The van der Waals surface area contributed by atoms with Crippen LogP contribution in [0, 0.1) is 0 Å². The Morgan fingerprint density at radius 3 is 2.59 bits per heavy atom. The lowest BCUT2D eigenvalue weighted by atomic mass is 10.1. The molecule has 1 amide bonds. The van der Waals surface area contributed by atoms with Gasteiger partial charge in [0.25, 0.3) is 5.91 Å². The second-order valence-electron chi connectivity index (χ2n) is 10.4. The number of alkyl halides is 1. The molecule has 0 saturated carbocycles. The maximum Gasteiger partial charge on any atom is 0.287 e. The van der Waals surface area contributed by atoms with E-state index in [2.05, 4.69) is 15.2 Å². The number of pyridine rings is 1. The third kappa shape index (κ3) is 5.91. The summed E-state index contributed by atoms with van der Waals surface area (Å²) in [4.78, 5) is 19.3. The molecule has 0 spiro atoms. The Hall–Kier alpha value is -3.96. The monoisotopic (exact) mass is 578 g/mol. The average Bonchev–Trinajstić information content (AvgIpc) is 3.66. The Balaban J connectivity index is 1.04. The van der Waals surface area contributed by atoms with Gasteiger partial charge in [0.2, 0.25) is 10.0 Å². The molecule has 0 aliphatic carbocycles. The molecule has 6 rings (SSSR count). The van der Waals surface area contributed by atoms with E-state index in [-0.39, 0.29) is 35.3 Å². The predicted molar refractivity (Wildman–Crippen MR) is 152 cm³/mol. The van der Waals surface area contributed by atoms with Crippen LogP contribution >= 0.6 is 0 Å². The van der Waals surface area contributed by atoms with Gasteiger partial charge in [0.05, 0.1) is 0 Å². The van der Waals surface area contributed by atoms with Crippen molar-refractivity contribution < 1.29 is 26.8 Å². The van der Waals surface area contributed by atoms with E-state index in [9.17, 15) is 17.6 Å². The summed E-state index contributed by atoms with van der Waals surface area (Å²) < 4.78 is 51.9. The maximum absolute atomic E-state index is 12.9. The summed E-state index contributed by atoms with van der Waals surface area (Å²) in [6.07, 6.45) is 5.14. The van der Waals surface area contributed by atoms with Gasteiger partial charge in [-0.15, -0.1) is 0 Å². The minimum atomic E-state index is -3.66. The normalized spacial score (nSPS) is 18.6. The highest BCUT2D eigenvalue weighted by Crippen LogP contribution is 2.28.